The maximum atomic E-state index is 10.1. The zero-order chi connectivity index (χ0) is 10.7. The number of aliphatic hydroxyl groups is 1. The summed E-state index contributed by atoms with van der Waals surface area (Å²) in [5, 5.41) is 10.1. The van der Waals surface area contributed by atoms with Crippen LogP contribution in [-0.2, 0) is 0 Å². The molecule has 1 atom stereocenters. The highest BCUT2D eigenvalue weighted by Gasteiger charge is 2.15. The van der Waals surface area contributed by atoms with Crippen LogP contribution < -0.4 is 0 Å². The molecule has 0 saturated heterocycles. The Balaban J connectivity index is 2.16. The summed E-state index contributed by atoms with van der Waals surface area (Å²) in [6.07, 6.45) is 8.02. The molecule has 1 aromatic rings. The quantitative estimate of drug-likeness (QED) is 0.750. The smallest absolute Gasteiger partial charge is 0.117 e. The van der Waals surface area contributed by atoms with Gasteiger partial charge in [-0.2, -0.15) is 0 Å². The maximum Gasteiger partial charge on any atom is 0.117 e. The highest BCUT2D eigenvalue weighted by Crippen LogP contribution is 2.28. The average molecular weight is 203 g/mol. The summed E-state index contributed by atoms with van der Waals surface area (Å²) in [5.41, 5.74) is 3.04. The number of hydrogen-bond acceptors (Lipinski definition) is 2. The van der Waals surface area contributed by atoms with E-state index in [9.17, 15) is 5.11 Å². The van der Waals surface area contributed by atoms with E-state index in [4.69, 9.17) is 0 Å². The lowest BCUT2D eigenvalue weighted by Crippen LogP contribution is -2.06. The van der Waals surface area contributed by atoms with Gasteiger partial charge in [-0.25, -0.2) is 0 Å². The molecule has 1 aliphatic carbocycles. The van der Waals surface area contributed by atoms with Gasteiger partial charge in [0.05, 0.1) is 5.69 Å². The van der Waals surface area contributed by atoms with E-state index in [1.54, 1.807) is 0 Å². The molecule has 2 rings (SSSR count). The molecule has 0 radical (unpaired) electrons. The van der Waals surface area contributed by atoms with Crippen LogP contribution in [0.25, 0.3) is 0 Å². The Morgan fingerprint density at radius 3 is 2.80 bits per heavy atom. The van der Waals surface area contributed by atoms with Gasteiger partial charge in [-0.15, -0.1) is 0 Å². The highest BCUT2D eigenvalue weighted by molar-refractivity contribution is 5.22. The first-order chi connectivity index (χ1) is 7.27. The second-order valence-electron chi connectivity index (χ2n) is 4.19. The Bertz CT molecular complexity index is 353. The van der Waals surface area contributed by atoms with Crippen LogP contribution in [0.5, 0.6) is 0 Å². The van der Waals surface area contributed by atoms with Crippen LogP contribution in [0.1, 0.15) is 43.0 Å². The van der Waals surface area contributed by atoms with E-state index in [-0.39, 0.29) is 0 Å². The minimum absolute atomic E-state index is 0.495. The summed E-state index contributed by atoms with van der Waals surface area (Å²) in [7, 11) is 0. The molecule has 1 aliphatic rings. The lowest BCUT2D eigenvalue weighted by molar-refractivity contribution is 0.203. The fourth-order valence-corrected chi connectivity index (χ4v) is 1.94. The topological polar surface area (TPSA) is 33.1 Å². The van der Waals surface area contributed by atoms with Gasteiger partial charge in [0.1, 0.15) is 6.10 Å². The standard InChI is InChI=1S/C13H17NO/c1-10-7-8-12(14-9-10)13(15)11-5-3-2-4-6-11/h5,7-9,13,15H,2-4,6H2,1H3. The van der Waals surface area contributed by atoms with Gasteiger partial charge in [0.2, 0.25) is 0 Å². The first-order valence-electron chi connectivity index (χ1n) is 5.57. The summed E-state index contributed by atoms with van der Waals surface area (Å²) in [5.74, 6) is 0. The zero-order valence-electron chi connectivity index (χ0n) is 9.11. The third-order valence-electron chi connectivity index (χ3n) is 2.89. The molecule has 0 aliphatic heterocycles. The minimum atomic E-state index is -0.495. The van der Waals surface area contributed by atoms with Crippen molar-refractivity contribution < 1.29 is 5.11 Å². The Morgan fingerprint density at radius 1 is 1.33 bits per heavy atom. The number of aromatic nitrogens is 1. The van der Waals surface area contributed by atoms with Crippen LogP contribution in [0, 0.1) is 6.92 Å². The van der Waals surface area contributed by atoms with E-state index in [0.29, 0.717) is 0 Å². The minimum Gasteiger partial charge on any atom is -0.382 e. The van der Waals surface area contributed by atoms with E-state index in [1.165, 1.54) is 12.8 Å². The summed E-state index contributed by atoms with van der Waals surface area (Å²) >= 11 is 0. The van der Waals surface area contributed by atoms with Crippen molar-refractivity contribution in [2.75, 3.05) is 0 Å². The molecular weight excluding hydrogens is 186 g/mol. The number of pyridine rings is 1. The van der Waals surface area contributed by atoms with Crippen molar-refractivity contribution in [1.29, 1.82) is 0 Å². The van der Waals surface area contributed by atoms with Gasteiger partial charge < -0.3 is 5.11 Å². The van der Waals surface area contributed by atoms with Gasteiger partial charge in [-0.1, -0.05) is 12.1 Å². The number of rotatable bonds is 2. The molecule has 1 aromatic heterocycles. The first kappa shape index (κ1) is 10.4. The third kappa shape index (κ3) is 2.45. The molecule has 0 bridgehead atoms. The number of allylic oxidation sites excluding steroid dienone is 1. The Hall–Kier alpha value is -1.15. The lowest BCUT2D eigenvalue weighted by atomic mass is 9.94. The molecule has 0 saturated carbocycles. The number of nitrogens with zero attached hydrogens (tertiary/aromatic N) is 1. The second-order valence-corrected chi connectivity index (χ2v) is 4.19. The van der Waals surface area contributed by atoms with Gasteiger partial charge in [0.25, 0.3) is 0 Å². The number of aryl methyl sites for hydroxylation is 1. The predicted molar refractivity (Wildman–Crippen MR) is 60.5 cm³/mol. The van der Waals surface area contributed by atoms with Crippen LogP contribution in [0.2, 0.25) is 0 Å². The molecular formula is C13H17NO. The van der Waals surface area contributed by atoms with E-state index in [2.05, 4.69) is 11.1 Å². The largest absolute Gasteiger partial charge is 0.382 e. The van der Waals surface area contributed by atoms with Gasteiger partial charge in [0.15, 0.2) is 0 Å². The highest BCUT2D eigenvalue weighted by atomic mass is 16.3. The first-order valence-corrected chi connectivity index (χ1v) is 5.57. The molecule has 15 heavy (non-hydrogen) atoms. The summed E-state index contributed by atoms with van der Waals surface area (Å²) in [6.45, 7) is 2.00. The van der Waals surface area contributed by atoms with Crippen molar-refractivity contribution in [1.82, 2.24) is 4.98 Å². The SMILES string of the molecule is Cc1ccc(C(O)C2=CCCCC2)nc1. The predicted octanol–water partition coefficient (Wildman–Crippen LogP) is 2.92. The fraction of sp³-hybridized carbons (Fsp3) is 0.462. The van der Waals surface area contributed by atoms with Gasteiger partial charge in [0, 0.05) is 6.20 Å². The monoisotopic (exact) mass is 203 g/mol. The molecule has 0 amide bonds. The third-order valence-corrected chi connectivity index (χ3v) is 2.89. The Kier molecular flexibility index (Phi) is 3.17. The van der Waals surface area contributed by atoms with Gasteiger partial charge >= 0.3 is 0 Å². The van der Waals surface area contributed by atoms with Crippen LogP contribution in [0.4, 0.5) is 0 Å². The van der Waals surface area contributed by atoms with Gasteiger partial charge in [-0.05, 0) is 49.8 Å². The molecule has 0 fully saturated rings. The molecule has 1 heterocycles. The Morgan fingerprint density at radius 2 is 2.20 bits per heavy atom. The fourth-order valence-electron chi connectivity index (χ4n) is 1.94. The van der Waals surface area contributed by atoms with Gasteiger partial charge in [-0.3, -0.25) is 4.98 Å². The summed E-state index contributed by atoms with van der Waals surface area (Å²) in [4.78, 5) is 4.26. The number of aliphatic hydroxyl groups excluding tert-OH is 1. The van der Waals surface area contributed by atoms with E-state index >= 15 is 0 Å². The normalized spacial score (nSPS) is 18.4. The number of hydrogen-bond donors (Lipinski definition) is 1. The van der Waals surface area contributed by atoms with Crippen molar-refractivity contribution >= 4 is 0 Å². The molecule has 2 heteroatoms. The molecule has 1 unspecified atom stereocenters. The van der Waals surface area contributed by atoms with Crippen molar-refractivity contribution in [2.45, 2.75) is 38.7 Å². The van der Waals surface area contributed by atoms with E-state index in [1.807, 2.05) is 25.3 Å². The Labute approximate surface area is 90.7 Å². The van der Waals surface area contributed by atoms with E-state index < -0.39 is 6.10 Å². The summed E-state index contributed by atoms with van der Waals surface area (Å²) in [6, 6.07) is 3.91. The molecule has 80 valence electrons. The molecule has 0 spiro atoms. The van der Waals surface area contributed by atoms with E-state index in [0.717, 1.165) is 29.7 Å². The van der Waals surface area contributed by atoms with Crippen molar-refractivity contribution in [3.63, 3.8) is 0 Å². The van der Waals surface area contributed by atoms with Crippen LogP contribution in [-0.4, -0.2) is 10.1 Å². The average Bonchev–Trinajstić information content (AvgIpc) is 2.30. The van der Waals surface area contributed by atoms with Crippen LogP contribution >= 0.6 is 0 Å². The maximum absolute atomic E-state index is 10.1. The second kappa shape index (κ2) is 4.58. The summed E-state index contributed by atoms with van der Waals surface area (Å²) < 4.78 is 0. The van der Waals surface area contributed by atoms with Crippen molar-refractivity contribution in [3.05, 3.63) is 41.2 Å². The van der Waals surface area contributed by atoms with Crippen LogP contribution in [0.3, 0.4) is 0 Å². The zero-order valence-corrected chi connectivity index (χ0v) is 9.11. The molecule has 2 nitrogen and oxygen atoms in total. The van der Waals surface area contributed by atoms with Crippen molar-refractivity contribution in [3.8, 4) is 0 Å². The molecule has 0 aromatic carbocycles. The van der Waals surface area contributed by atoms with Crippen molar-refractivity contribution in [2.24, 2.45) is 0 Å². The van der Waals surface area contributed by atoms with Crippen LogP contribution in [0.15, 0.2) is 30.0 Å². The molecule has 1 N–H and O–H groups in total. The lowest BCUT2D eigenvalue weighted by Gasteiger charge is -2.18.